The van der Waals surface area contributed by atoms with E-state index in [0.29, 0.717) is 0 Å². The van der Waals surface area contributed by atoms with Crippen LogP contribution in [0.5, 0.6) is 5.75 Å². The zero-order chi connectivity index (χ0) is 11.0. The zero-order valence-electron chi connectivity index (χ0n) is 7.57. The fourth-order valence-corrected chi connectivity index (χ4v) is 1.49. The Kier molecular flexibility index (Phi) is 2.04. The van der Waals surface area contributed by atoms with Crippen LogP contribution >= 0.6 is 0 Å². The maximum Gasteiger partial charge on any atom is 0.336 e. The minimum absolute atomic E-state index is 0.0198. The van der Waals surface area contributed by atoms with Gasteiger partial charge in [0.25, 0.3) is 0 Å². The Hall–Kier alpha value is -2.10. The molecule has 2 aromatic carbocycles. The van der Waals surface area contributed by atoms with Crippen molar-refractivity contribution in [1.82, 2.24) is 0 Å². The summed E-state index contributed by atoms with van der Waals surface area (Å²) in [5, 5.41) is 18.4. The molecule has 3 nitrogen and oxygen atoms in total. The fraction of sp³-hybridized carbons (Fsp3) is 0. The van der Waals surface area contributed by atoms with E-state index in [2.05, 4.69) is 0 Å². The molecule has 0 aliphatic heterocycles. The van der Waals surface area contributed by atoms with Gasteiger partial charge in [0.1, 0.15) is 11.6 Å². The quantitative estimate of drug-likeness (QED) is 0.753. The third-order valence-electron chi connectivity index (χ3n) is 2.18. The summed E-state index contributed by atoms with van der Waals surface area (Å²) in [5.74, 6) is -1.76. The Morgan fingerprint density at radius 3 is 2.53 bits per heavy atom. The predicted octanol–water partition coefficient (Wildman–Crippen LogP) is 2.38. The summed E-state index contributed by atoms with van der Waals surface area (Å²) in [6.07, 6.45) is 0. The van der Waals surface area contributed by atoms with Crippen molar-refractivity contribution in [3.63, 3.8) is 0 Å². The van der Waals surface area contributed by atoms with Crippen molar-refractivity contribution in [3.8, 4) is 5.75 Å². The van der Waals surface area contributed by atoms with Crippen molar-refractivity contribution in [1.29, 1.82) is 0 Å². The Labute approximate surface area is 84.4 Å². The number of aromatic hydroxyl groups is 1. The Balaban J connectivity index is 2.88. The molecule has 0 atom stereocenters. The van der Waals surface area contributed by atoms with Crippen LogP contribution in [0.4, 0.5) is 4.39 Å². The van der Waals surface area contributed by atoms with E-state index in [1.807, 2.05) is 0 Å². The second kappa shape index (κ2) is 3.24. The standard InChI is InChI=1S/C11H7FO3/c12-10-4-3-8(11(14)15)7-2-1-6(13)5-9(7)10/h1-5,13H,(H,14,15). The first kappa shape index (κ1) is 9.45. The average Bonchev–Trinajstić information content (AvgIpc) is 2.19. The van der Waals surface area contributed by atoms with Gasteiger partial charge < -0.3 is 10.2 Å². The first-order chi connectivity index (χ1) is 7.09. The zero-order valence-corrected chi connectivity index (χ0v) is 7.57. The Bertz CT molecular complexity index is 549. The molecule has 0 unspecified atom stereocenters. The summed E-state index contributed by atoms with van der Waals surface area (Å²) < 4.78 is 13.3. The highest BCUT2D eigenvalue weighted by atomic mass is 19.1. The lowest BCUT2D eigenvalue weighted by atomic mass is 10.0. The number of carboxylic acid groups (broad SMARTS) is 1. The van der Waals surface area contributed by atoms with Crippen LogP contribution in [0.3, 0.4) is 0 Å². The SMILES string of the molecule is O=C(O)c1ccc(F)c2cc(O)ccc12. The summed E-state index contributed by atoms with van der Waals surface area (Å²) in [6, 6.07) is 6.20. The van der Waals surface area contributed by atoms with E-state index in [1.165, 1.54) is 24.3 Å². The van der Waals surface area contributed by atoms with Gasteiger partial charge in [0.05, 0.1) is 5.56 Å². The highest BCUT2D eigenvalue weighted by Gasteiger charge is 2.11. The van der Waals surface area contributed by atoms with Crippen LogP contribution in [0, 0.1) is 5.82 Å². The number of halogens is 1. The second-order valence-electron chi connectivity index (χ2n) is 3.13. The van der Waals surface area contributed by atoms with Gasteiger partial charge in [-0.1, -0.05) is 0 Å². The van der Waals surface area contributed by atoms with Crippen molar-refractivity contribution >= 4 is 16.7 Å². The minimum Gasteiger partial charge on any atom is -0.508 e. The van der Waals surface area contributed by atoms with E-state index < -0.39 is 11.8 Å². The van der Waals surface area contributed by atoms with Gasteiger partial charge in [-0.05, 0) is 35.7 Å². The molecule has 76 valence electrons. The van der Waals surface area contributed by atoms with Gasteiger partial charge in [0.2, 0.25) is 0 Å². The molecule has 0 amide bonds. The molecule has 0 aliphatic rings. The van der Waals surface area contributed by atoms with E-state index in [9.17, 15) is 14.3 Å². The van der Waals surface area contributed by atoms with Gasteiger partial charge in [-0.15, -0.1) is 0 Å². The number of rotatable bonds is 1. The van der Waals surface area contributed by atoms with Crippen LogP contribution in [-0.4, -0.2) is 16.2 Å². The molecular formula is C11H7FO3. The summed E-state index contributed by atoms with van der Waals surface area (Å²) >= 11 is 0. The highest BCUT2D eigenvalue weighted by Crippen LogP contribution is 2.25. The maximum atomic E-state index is 13.3. The summed E-state index contributed by atoms with van der Waals surface area (Å²) in [4.78, 5) is 10.8. The topological polar surface area (TPSA) is 57.5 Å². The monoisotopic (exact) mass is 206 g/mol. The highest BCUT2D eigenvalue weighted by molar-refractivity contribution is 6.04. The van der Waals surface area contributed by atoms with Crippen LogP contribution in [-0.2, 0) is 0 Å². The van der Waals surface area contributed by atoms with Crippen LogP contribution in [0.25, 0.3) is 10.8 Å². The summed E-state index contributed by atoms with van der Waals surface area (Å²) in [7, 11) is 0. The lowest BCUT2D eigenvalue weighted by molar-refractivity contribution is 0.0699. The van der Waals surface area contributed by atoms with E-state index in [0.717, 1.165) is 6.07 Å². The molecule has 4 heteroatoms. The molecular weight excluding hydrogens is 199 g/mol. The van der Waals surface area contributed by atoms with Gasteiger partial charge in [-0.25, -0.2) is 9.18 Å². The number of aromatic carboxylic acids is 1. The lowest BCUT2D eigenvalue weighted by Crippen LogP contribution is -1.98. The number of fused-ring (bicyclic) bond motifs is 1. The molecule has 0 spiro atoms. The summed E-state index contributed by atoms with van der Waals surface area (Å²) in [5.41, 5.74) is 0.0198. The van der Waals surface area contributed by atoms with Gasteiger partial charge >= 0.3 is 5.97 Å². The number of benzene rings is 2. The van der Waals surface area contributed by atoms with Crippen LogP contribution < -0.4 is 0 Å². The number of phenolic OH excluding ortho intramolecular Hbond substituents is 1. The van der Waals surface area contributed by atoms with Crippen molar-refractivity contribution in [3.05, 3.63) is 41.7 Å². The Morgan fingerprint density at radius 1 is 1.13 bits per heavy atom. The molecule has 0 radical (unpaired) electrons. The van der Waals surface area contributed by atoms with Gasteiger partial charge in [-0.3, -0.25) is 0 Å². The van der Waals surface area contributed by atoms with Crippen molar-refractivity contribution < 1.29 is 19.4 Å². The predicted molar refractivity (Wildman–Crippen MR) is 52.5 cm³/mol. The molecule has 2 rings (SSSR count). The molecule has 0 saturated carbocycles. The fourth-order valence-electron chi connectivity index (χ4n) is 1.49. The largest absolute Gasteiger partial charge is 0.508 e. The van der Waals surface area contributed by atoms with E-state index in [-0.39, 0.29) is 22.1 Å². The van der Waals surface area contributed by atoms with Crippen molar-refractivity contribution in [2.45, 2.75) is 0 Å². The van der Waals surface area contributed by atoms with Gasteiger partial charge in [0, 0.05) is 5.39 Å². The molecule has 15 heavy (non-hydrogen) atoms. The molecule has 0 heterocycles. The third-order valence-corrected chi connectivity index (χ3v) is 2.18. The average molecular weight is 206 g/mol. The second-order valence-corrected chi connectivity index (χ2v) is 3.13. The molecule has 0 bridgehead atoms. The number of carboxylic acids is 1. The summed E-state index contributed by atoms with van der Waals surface area (Å²) in [6.45, 7) is 0. The minimum atomic E-state index is -1.12. The van der Waals surface area contributed by atoms with Crippen molar-refractivity contribution in [2.24, 2.45) is 0 Å². The van der Waals surface area contributed by atoms with Crippen LogP contribution in [0.2, 0.25) is 0 Å². The van der Waals surface area contributed by atoms with Gasteiger partial charge in [0.15, 0.2) is 0 Å². The lowest BCUT2D eigenvalue weighted by Gasteiger charge is -2.03. The van der Waals surface area contributed by atoms with Crippen molar-refractivity contribution in [2.75, 3.05) is 0 Å². The van der Waals surface area contributed by atoms with E-state index in [4.69, 9.17) is 5.11 Å². The number of hydrogen-bond acceptors (Lipinski definition) is 2. The number of hydrogen-bond donors (Lipinski definition) is 2. The molecule has 0 aromatic heterocycles. The van der Waals surface area contributed by atoms with Crippen LogP contribution in [0.15, 0.2) is 30.3 Å². The molecule has 2 aromatic rings. The van der Waals surface area contributed by atoms with E-state index in [1.54, 1.807) is 0 Å². The Morgan fingerprint density at radius 2 is 1.87 bits per heavy atom. The molecule has 2 N–H and O–H groups in total. The normalized spacial score (nSPS) is 10.5. The number of phenols is 1. The first-order valence-corrected chi connectivity index (χ1v) is 4.24. The molecule has 0 aliphatic carbocycles. The van der Waals surface area contributed by atoms with E-state index >= 15 is 0 Å². The maximum absolute atomic E-state index is 13.3. The first-order valence-electron chi connectivity index (χ1n) is 4.24. The van der Waals surface area contributed by atoms with Gasteiger partial charge in [-0.2, -0.15) is 0 Å². The smallest absolute Gasteiger partial charge is 0.336 e. The number of carbonyl (C=O) groups is 1. The van der Waals surface area contributed by atoms with Crippen LogP contribution in [0.1, 0.15) is 10.4 Å². The third kappa shape index (κ3) is 1.50. The molecule has 0 fully saturated rings. The molecule has 0 saturated heterocycles.